The highest BCUT2D eigenvalue weighted by molar-refractivity contribution is 7.19. The average molecular weight is 401 g/mol. The number of hydrogen-bond donors (Lipinski definition) is 2. The lowest BCUT2D eigenvalue weighted by Gasteiger charge is -2.05. The summed E-state index contributed by atoms with van der Waals surface area (Å²) in [6.07, 6.45) is -4.81. The summed E-state index contributed by atoms with van der Waals surface area (Å²) in [4.78, 5) is 21.0. The van der Waals surface area contributed by atoms with Gasteiger partial charge in [-0.3, -0.25) is 4.79 Å². The third-order valence-corrected chi connectivity index (χ3v) is 3.80. The Kier molecular flexibility index (Phi) is 7.39. The van der Waals surface area contributed by atoms with Gasteiger partial charge in [-0.05, 0) is 12.1 Å². The van der Waals surface area contributed by atoms with Gasteiger partial charge in [0, 0.05) is 12.5 Å². The normalized spacial score (nSPS) is 12.1. The third kappa shape index (κ3) is 6.72. The van der Waals surface area contributed by atoms with Crippen molar-refractivity contribution in [3.05, 3.63) is 28.2 Å². The molecule has 0 aliphatic heterocycles. The molecule has 2 rings (SSSR count). The molecule has 1 atom stereocenters. The Morgan fingerprint density at radius 2 is 2.08 bits per heavy atom. The van der Waals surface area contributed by atoms with Crippen LogP contribution in [-0.4, -0.2) is 41.5 Å². The Morgan fingerprint density at radius 3 is 2.52 bits per heavy atom. The van der Waals surface area contributed by atoms with Crippen molar-refractivity contribution in [3.63, 3.8) is 0 Å². The van der Waals surface area contributed by atoms with Gasteiger partial charge in [-0.2, -0.15) is 13.2 Å². The SMILES string of the molecule is COC(=O)[C@@H](N)Cc1cc(-c2ccc(Cl)s2)on1.O=C(O)C(F)(F)F. The summed E-state index contributed by atoms with van der Waals surface area (Å²) >= 11 is 7.23. The van der Waals surface area contributed by atoms with Crippen molar-refractivity contribution < 1.29 is 37.1 Å². The largest absolute Gasteiger partial charge is 0.490 e. The zero-order valence-electron chi connectivity index (χ0n) is 12.5. The molecule has 0 aliphatic carbocycles. The maximum Gasteiger partial charge on any atom is 0.490 e. The van der Waals surface area contributed by atoms with Gasteiger partial charge in [-0.15, -0.1) is 11.3 Å². The van der Waals surface area contributed by atoms with E-state index < -0.39 is 24.2 Å². The summed E-state index contributed by atoms with van der Waals surface area (Å²) in [5, 5.41) is 11.0. The highest BCUT2D eigenvalue weighted by Crippen LogP contribution is 2.31. The van der Waals surface area contributed by atoms with E-state index in [4.69, 9.17) is 31.8 Å². The zero-order chi connectivity index (χ0) is 19.2. The number of alkyl halides is 3. The lowest BCUT2D eigenvalue weighted by molar-refractivity contribution is -0.192. The van der Waals surface area contributed by atoms with Crippen LogP contribution in [0.25, 0.3) is 10.6 Å². The van der Waals surface area contributed by atoms with E-state index in [0.29, 0.717) is 15.8 Å². The van der Waals surface area contributed by atoms with E-state index in [1.54, 1.807) is 12.1 Å². The molecule has 0 radical (unpaired) electrons. The van der Waals surface area contributed by atoms with Crippen LogP contribution in [0.3, 0.4) is 0 Å². The van der Waals surface area contributed by atoms with Gasteiger partial charge < -0.3 is 20.1 Å². The molecular formula is C13H12ClF3N2O5S. The number of aromatic nitrogens is 1. The van der Waals surface area contributed by atoms with Crippen LogP contribution in [0, 0.1) is 0 Å². The molecule has 0 fully saturated rings. The second-order valence-corrected chi connectivity index (χ2v) is 6.14. The van der Waals surface area contributed by atoms with Crippen molar-refractivity contribution in [1.29, 1.82) is 0 Å². The fourth-order valence-corrected chi connectivity index (χ4v) is 2.42. The van der Waals surface area contributed by atoms with Gasteiger partial charge in [0.1, 0.15) is 6.04 Å². The lowest BCUT2D eigenvalue weighted by Crippen LogP contribution is -2.33. The van der Waals surface area contributed by atoms with E-state index >= 15 is 0 Å². The Labute approximate surface area is 148 Å². The van der Waals surface area contributed by atoms with Crippen molar-refractivity contribution in [3.8, 4) is 10.6 Å². The molecule has 2 aromatic heterocycles. The maximum absolute atomic E-state index is 11.2. The van der Waals surface area contributed by atoms with Crippen LogP contribution in [-0.2, 0) is 20.7 Å². The molecule has 0 saturated heterocycles. The minimum absolute atomic E-state index is 0.273. The molecule has 7 nitrogen and oxygen atoms in total. The predicted molar refractivity (Wildman–Crippen MR) is 82.2 cm³/mol. The number of carboxylic acid groups (broad SMARTS) is 1. The highest BCUT2D eigenvalue weighted by Gasteiger charge is 2.38. The minimum Gasteiger partial charge on any atom is -0.475 e. The van der Waals surface area contributed by atoms with Gasteiger partial charge in [0.15, 0.2) is 5.76 Å². The number of nitrogens with two attached hydrogens (primary N) is 1. The third-order valence-electron chi connectivity index (χ3n) is 2.55. The Bertz CT molecular complexity index is 731. The van der Waals surface area contributed by atoms with Crippen LogP contribution in [0.1, 0.15) is 5.69 Å². The number of thiophene rings is 1. The number of carboxylic acids is 1. The summed E-state index contributed by atoms with van der Waals surface area (Å²) in [6.45, 7) is 0. The first-order chi connectivity index (χ1) is 11.5. The topological polar surface area (TPSA) is 116 Å². The molecule has 2 aromatic rings. The number of aliphatic carboxylic acids is 1. The van der Waals surface area contributed by atoms with Crippen molar-refractivity contribution in [2.24, 2.45) is 5.73 Å². The number of ether oxygens (including phenoxy) is 1. The van der Waals surface area contributed by atoms with Crippen molar-refractivity contribution in [1.82, 2.24) is 5.16 Å². The van der Waals surface area contributed by atoms with Crippen LogP contribution in [0.4, 0.5) is 13.2 Å². The van der Waals surface area contributed by atoms with Gasteiger partial charge >= 0.3 is 18.1 Å². The Morgan fingerprint density at radius 1 is 1.48 bits per heavy atom. The number of nitrogens with zero attached hydrogens (tertiary/aromatic N) is 1. The molecule has 0 aromatic carbocycles. The molecule has 0 aliphatic rings. The summed E-state index contributed by atoms with van der Waals surface area (Å²) in [5.74, 6) is -2.62. The summed E-state index contributed by atoms with van der Waals surface area (Å²) in [6, 6.07) is 4.63. The second kappa shape index (κ2) is 8.83. The number of carbonyl (C=O) groups excluding carboxylic acids is 1. The molecule has 0 bridgehead atoms. The smallest absolute Gasteiger partial charge is 0.475 e. The molecule has 2 heterocycles. The number of methoxy groups -OCH3 is 1. The molecule has 0 spiro atoms. The molecule has 0 unspecified atom stereocenters. The first-order valence-electron chi connectivity index (χ1n) is 6.39. The van der Waals surface area contributed by atoms with E-state index in [9.17, 15) is 18.0 Å². The molecule has 138 valence electrons. The lowest BCUT2D eigenvalue weighted by atomic mass is 10.1. The van der Waals surface area contributed by atoms with Crippen molar-refractivity contribution >= 4 is 34.9 Å². The van der Waals surface area contributed by atoms with E-state index in [2.05, 4.69) is 9.89 Å². The van der Waals surface area contributed by atoms with Crippen LogP contribution in [0.5, 0.6) is 0 Å². The number of rotatable bonds is 4. The first kappa shape index (κ1) is 20.9. The number of hydrogen-bond acceptors (Lipinski definition) is 7. The summed E-state index contributed by atoms with van der Waals surface area (Å²) in [7, 11) is 1.30. The molecule has 3 N–H and O–H groups in total. The van der Waals surface area contributed by atoms with Crippen LogP contribution in [0.2, 0.25) is 4.34 Å². The average Bonchev–Trinajstić information content (AvgIpc) is 3.14. The van der Waals surface area contributed by atoms with Gasteiger partial charge in [0.2, 0.25) is 0 Å². The maximum atomic E-state index is 11.2. The fourth-order valence-electron chi connectivity index (χ4n) is 1.43. The summed E-state index contributed by atoms with van der Waals surface area (Å²) < 4.78 is 42.1. The van der Waals surface area contributed by atoms with Crippen LogP contribution in [0.15, 0.2) is 22.7 Å². The van der Waals surface area contributed by atoms with Crippen molar-refractivity contribution in [2.75, 3.05) is 7.11 Å². The molecular weight excluding hydrogens is 389 g/mol. The van der Waals surface area contributed by atoms with Gasteiger partial charge in [0.05, 0.1) is 22.0 Å². The van der Waals surface area contributed by atoms with Crippen LogP contribution >= 0.6 is 22.9 Å². The standard InChI is InChI=1S/C11H11ClN2O3S.C2HF3O2/c1-16-11(15)7(13)4-6-5-8(17-14-6)9-2-3-10(12)18-9;3-2(4,5)1(6)7/h2-3,5,7H,4,13H2,1H3;(H,6,7)/t7-;/m0./s1. The zero-order valence-corrected chi connectivity index (χ0v) is 14.1. The highest BCUT2D eigenvalue weighted by atomic mass is 35.5. The quantitative estimate of drug-likeness (QED) is 0.758. The number of esters is 1. The monoisotopic (exact) mass is 400 g/mol. The molecule has 0 saturated carbocycles. The predicted octanol–water partition coefficient (Wildman–Crippen LogP) is 2.73. The first-order valence-corrected chi connectivity index (χ1v) is 7.59. The van der Waals surface area contributed by atoms with E-state index in [1.165, 1.54) is 18.4 Å². The van der Waals surface area contributed by atoms with E-state index in [-0.39, 0.29) is 6.42 Å². The number of carbonyl (C=O) groups is 2. The Balaban J connectivity index is 0.000000381. The molecule has 12 heteroatoms. The summed E-state index contributed by atoms with van der Waals surface area (Å²) in [5.41, 5.74) is 6.24. The Hall–Kier alpha value is -2.11. The minimum atomic E-state index is -5.08. The van der Waals surface area contributed by atoms with Gasteiger partial charge in [-0.1, -0.05) is 16.8 Å². The van der Waals surface area contributed by atoms with Gasteiger partial charge in [0.25, 0.3) is 0 Å². The fraction of sp³-hybridized carbons (Fsp3) is 0.308. The second-order valence-electron chi connectivity index (χ2n) is 4.42. The van der Waals surface area contributed by atoms with E-state index in [0.717, 1.165) is 4.88 Å². The molecule has 25 heavy (non-hydrogen) atoms. The van der Waals surface area contributed by atoms with Gasteiger partial charge in [-0.25, -0.2) is 4.79 Å². The number of halogens is 4. The molecule has 0 amide bonds. The van der Waals surface area contributed by atoms with Crippen LogP contribution < -0.4 is 5.73 Å². The van der Waals surface area contributed by atoms with Crippen molar-refractivity contribution in [2.45, 2.75) is 18.6 Å². The van der Waals surface area contributed by atoms with E-state index in [1.807, 2.05) is 6.07 Å².